The number of nitrogens with one attached hydrogen (secondary N) is 2. The number of carbonyl (C=O) groups is 3. The van der Waals surface area contributed by atoms with Crippen LogP contribution in [0.15, 0.2) is 89.8 Å². The summed E-state index contributed by atoms with van der Waals surface area (Å²) >= 11 is 7.18. The summed E-state index contributed by atoms with van der Waals surface area (Å²) in [6.07, 6.45) is -3.02. The van der Waals surface area contributed by atoms with E-state index < -0.39 is 34.8 Å². The van der Waals surface area contributed by atoms with Gasteiger partial charge in [0.15, 0.2) is 0 Å². The van der Waals surface area contributed by atoms with Gasteiger partial charge < -0.3 is 15.7 Å². The number of carboxylic acids is 1. The van der Waals surface area contributed by atoms with E-state index in [0.29, 0.717) is 22.2 Å². The molecular weight excluding hydrogens is 517 g/mol. The first kappa shape index (κ1) is 26.8. The number of rotatable bonds is 8. The van der Waals surface area contributed by atoms with Crippen molar-refractivity contribution in [3.05, 3.63) is 101 Å². The van der Waals surface area contributed by atoms with Gasteiger partial charge in [0.2, 0.25) is 11.8 Å². The minimum atomic E-state index is -4.60. The van der Waals surface area contributed by atoms with Gasteiger partial charge >= 0.3 is 12.1 Å². The molecule has 0 aliphatic carbocycles. The first-order chi connectivity index (χ1) is 17.0. The summed E-state index contributed by atoms with van der Waals surface area (Å²) in [5, 5.41) is 12.7. The van der Waals surface area contributed by atoms with Gasteiger partial charge in [0.25, 0.3) is 0 Å². The molecule has 0 heterocycles. The molecule has 3 aromatic rings. The minimum Gasteiger partial charge on any atom is -0.478 e. The van der Waals surface area contributed by atoms with Crippen LogP contribution >= 0.6 is 23.4 Å². The average molecular weight is 535 g/mol. The molecule has 36 heavy (non-hydrogen) atoms. The maximum atomic E-state index is 13.2. The fourth-order valence-electron chi connectivity index (χ4n) is 2.98. The zero-order valence-electron chi connectivity index (χ0n) is 18.3. The fraction of sp³-hybridized carbons (Fsp3) is 0.0800. The van der Waals surface area contributed by atoms with E-state index in [1.54, 1.807) is 54.6 Å². The topological polar surface area (TPSA) is 95.5 Å². The van der Waals surface area contributed by atoms with Gasteiger partial charge in [-0.2, -0.15) is 13.2 Å². The number of aliphatic carboxylic acids is 1. The lowest BCUT2D eigenvalue weighted by Crippen LogP contribution is -2.19. The molecule has 1 atom stereocenters. The molecule has 0 radical (unpaired) electrons. The summed E-state index contributed by atoms with van der Waals surface area (Å²) in [6.45, 7) is 0. The monoisotopic (exact) mass is 534 g/mol. The van der Waals surface area contributed by atoms with Crippen LogP contribution in [0, 0.1) is 0 Å². The zero-order chi connectivity index (χ0) is 26.3. The van der Waals surface area contributed by atoms with Gasteiger partial charge in [0, 0.05) is 22.7 Å². The number of alkyl halides is 3. The first-order valence-electron chi connectivity index (χ1n) is 10.2. The van der Waals surface area contributed by atoms with E-state index in [0.717, 1.165) is 36.0 Å². The van der Waals surface area contributed by atoms with Crippen molar-refractivity contribution in [2.75, 3.05) is 10.6 Å². The number of halogens is 4. The van der Waals surface area contributed by atoms with Crippen molar-refractivity contribution in [1.82, 2.24) is 0 Å². The number of anilines is 2. The summed E-state index contributed by atoms with van der Waals surface area (Å²) in [5.74, 6) is -2.46. The Labute approximate surface area is 213 Å². The second-order valence-corrected chi connectivity index (χ2v) is 8.86. The van der Waals surface area contributed by atoms with Crippen molar-refractivity contribution in [1.29, 1.82) is 0 Å². The van der Waals surface area contributed by atoms with E-state index in [1.807, 2.05) is 0 Å². The maximum Gasteiger partial charge on any atom is 0.416 e. The van der Waals surface area contributed by atoms with E-state index in [9.17, 15) is 27.6 Å². The van der Waals surface area contributed by atoms with Crippen molar-refractivity contribution in [2.24, 2.45) is 0 Å². The Morgan fingerprint density at radius 1 is 0.917 bits per heavy atom. The molecule has 3 aromatic carbocycles. The standard InChI is InChI=1S/C25H18ClF3N2O4S/c26-19-11-6-16(25(27,28)29)14-20(19)31-24(35)23(15-4-2-1-3-5-15)36-18-9-7-17(8-10-18)30-21(32)12-13-22(33)34/h1-14,23H,(H,30,32)(H,31,35)(H,33,34)/b13-12+. The summed E-state index contributed by atoms with van der Waals surface area (Å²) in [5.41, 5.74) is -0.0948. The Hall–Kier alpha value is -3.76. The van der Waals surface area contributed by atoms with Crippen LogP contribution < -0.4 is 10.6 Å². The van der Waals surface area contributed by atoms with Gasteiger partial charge in [-0.3, -0.25) is 9.59 Å². The fourth-order valence-corrected chi connectivity index (χ4v) is 4.17. The number of carboxylic acid groups (broad SMARTS) is 1. The first-order valence-corrected chi connectivity index (χ1v) is 11.5. The molecule has 1 unspecified atom stereocenters. The molecule has 0 saturated heterocycles. The van der Waals surface area contributed by atoms with Gasteiger partial charge in [-0.1, -0.05) is 41.9 Å². The Morgan fingerprint density at radius 2 is 1.58 bits per heavy atom. The highest BCUT2D eigenvalue weighted by Crippen LogP contribution is 2.38. The van der Waals surface area contributed by atoms with E-state index in [2.05, 4.69) is 10.6 Å². The Balaban J connectivity index is 1.80. The van der Waals surface area contributed by atoms with Gasteiger partial charge in [-0.05, 0) is 48.0 Å². The molecule has 0 spiro atoms. The van der Waals surface area contributed by atoms with E-state index in [4.69, 9.17) is 16.7 Å². The van der Waals surface area contributed by atoms with Crippen LogP contribution in [0.3, 0.4) is 0 Å². The third kappa shape index (κ3) is 7.62. The largest absolute Gasteiger partial charge is 0.478 e. The van der Waals surface area contributed by atoms with E-state index in [1.165, 1.54) is 0 Å². The normalized spacial score (nSPS) is 12.2. The minimum absolute atomic E-state index is 0.0368. The Morgan fingerprint density at radius 3 is 2.19 bits per heavy atom. The summed E-state index contributed by atoms with van der Waals surface area (Å²) in [6, 6.07) is 17.8. The molecule has 186 valence electrons. The molecule has 0 fully saturated rings. The lowest BCUT2D eigenvalue weighted by atomic mass is 10.1. The molecule has 0 aromatic heterocycles. The highest BCUT2D eigenvalue weighted by atomic mass is 35.5. The molecule has 0 bridgehead atoms. The van der Waals surface area contributed by atoms with Crippen LogP contribution in [0.5, 0.6) is 0 Å². The lowest BCUT2D eigenvalue weighted by molar-refractivity contribution is -0.137. The SMILES string of the molecule is O=C(O)/C=C/C(=O)Nc1ccc(SC(C(=O)Nc2cc(C(F)(F)F)ccc2Cl)c2ccccc2)cc1. The number of amides is 2. The predicted octanol–water partition coefficient (Wildman–Crippen LogP) is 6.41. The second kappa shape index (κ2) is 11.8. The molecule has 0 saturated carbocycles. The molecule has 3 rings (SSSR count). The Bertz CT molecular complexity index is 1280. The predicted molar refractivity (Wildman–Crippen MR) is 132 cm³/mol. The molecule has 3 N–H and O–H groups in total. The highest BCUT2D eigenvalue weighted by molar-refractivity contribution is 8.00. The van der Waals surface area contributed by atoms with Gasteiger partial charge in [-0.15, -0.1) is 11.8 Å². The number of thioether (sulfide) groups is 1. The zero-order valence-corrected chi connectivity index (χ0v) is 19.8. The smallest absolute Gasteiger partial charge is 0.416 e. The number of carbonyl (C=O) groups excluding carboxylic acids is 2. The third-order valence-corrected chi connectivity index (χ3v) is 6.24. The Kier molecular flexibility index (Phi) is 8.78. The molecule has 2 amide bonds. The highest BCUT2D eigenvalue weighted by Gasteiger charge is 2.31. The summed E-state index contributed by atoms with van der Waals surface area (Å²) < 4.78 is 39.4. The third-order valence-electron chi connectivity index (χ3n) is 4.65. The second-order valence-electron chi connectivity index (χ2n) is 7.28. The quantitative estimate of drug-likeness (QED) is 0.229. The van der Waals surface area contributed by atoms with Crippen molar-refractivity contribution in [3.8, 4) is 0 Å². The van der Waals surface area contributed by atoms with Crippen LogP contribution in [0.4, 0.5) is 24.5 Å². The summed E-state index contributed by atoms with van der Waals surface area (Å²) in [4.78, 5) is 36.1. The van der Waals surface area contributed by atoms with E-state index >= 15 is 0 Å². The van der Waals surface area contributed by atoms with Gasteiger partial charge in [0.05, 0.1) is 16.3 Å². The van der Waals surface area contributed by atoms with Crippen LogP contribution in [0.2, 0.25) is 5.02 Å². The molecule has 11 heteroatoms. The van der Waals surface area contributed by atoms with Gasteiger partial charge in [-0.25, -0.2) is 4.79 Å². The molecule has 6 nitrogen and oxygen atoms in total. The van der Waals surface area contributed by atoms with Crippen molar-refractivity contribution in [2.45, 2.75) is 16.3 Å². The van der Waals surface area contributed by atoms with Crippen LogP contribution in [0.25, 0.3) is 0 Å². The maximum absolute atomic E-state index is 13.2. The molecule has 0 aliphatic rings. The van der Waals surface area contributed by atoms with Crippen molar-refractivity contribution in [3.63, 3.8) is 0 Å². The number of hydrogen-bond acceptors (Lipinski definition) is 4. The van der Waals surface area contributed by atoms with Crippen molar-refractivity contribution >= 4 is 52.5 Å². The number of hydrogen-bond donors (Lipinski definition) is 3. The summed E-state index contributed by atoms with van der Waals surface area (Å²) in [7, 11) is 0. The van der Waals surface area contributed by atoms with Crippen LogP contribution in [0.1, 0.15) is 16.4 Å². The average Bonchev–Trinajstić information content (AvgIpc) is 2.83. The molecular formula is C25H18ClF3N2O4S. The van der Waals surface area contributed by atoms with Crippen LogP contribution in [-0.2, 0) is 20.6 Å². The van der Waals surface area contributed by atoms with Crippen molar-refractivity contribution < 1.29 is 32.7 Å². The lowest BCUT2D eigenvalue weighted by Gasteiger charge is -2.18. The van der Waals surface area contributed by atoms with Gasteiger partial charge in [0.1, 0.15) is 5.25 Å². The van der Waals surface area contributed by atoms with E-state index in [-0.39, 0.29) is 10.7 Å². The number of benzene rings is 3. The molecule has 0 aliphatic heterocycles. The van der Waals surface area contributed by atoms with Crippen LogP contribution in [-0.4, -0.2) is 22.9 Å².